The molecule has 0 aromatic heterocycles. The van der Waals surface area contributed by atoms with E-state index in [1.165, 1.54) is 0 Å². The van der Waals surface area contributed by atoms with Crippen molar-refractivity contribution in [2.24, 2.45) is 11.5 Å². The van der Waals surface area contributed by atoms with Gasteiger partial charge in [-0.2, -0.15) is 0 Å². The third-order valence-electron chi connectivity index (χ3n) is 6.10. The summed E-state index contributed by atoms with van der Waals surface area (Å²) in [6, 6.07) is 9.42. The molecular formula is C26H36F3N4O2+. The van der Waals surface area contributed by atoms with Crippen LogP contribution >= 0.6 is 0 Å². The molecule has 0 saturated carbocycles. The number of carbonyl (C=O) groups excluding carboxylic acids is 2. The predicted molar refractivity (Wildman–Crippen MR) is 130 cm³/mol. The van der Waals surface area contributed by atoms with Gasteiger partial charge in [0.15, 0.2) is 23.2 Å². The van der Waals surface area contributed by atoms with Crippen molar-refractivity contribution in [1.82, 2.24) is 5.32 Å². The number of hydrogen-bond acceptors (Lipinski definition) is 4. The molecule has 0 unspecified atom stereocenters. The number of amides is 1. The Morgan fingerprint density at radius 3 is 2.31 bits per heavy atom. The van der Waals surface area contributed by atoms with Crippen LogP contribution in [-0.4, -0.2) is 62.0 Å². The zero-order chi connectivity index (χ0) is 26.0. The van der Waals surface area contributed by atoms with Gasteiger partial charge >= 0.3 is 0 Å². The number of nitrogens with one attached hydrogen (secondary N) is 1. The second-order valence-electron chi connectivity index (χ2n) is 9.48. The molecular weight excluding hydrogens is 457 g/mol. The monoisotopic (exact) mass is 493 g/mol. The molecule has 0 spiro atoms. The molecule has 0 saturated heterocycles. The number of hydrogen-bond donors (Lipinski definition) is 3. The van der Waals surface area contributed by atoms with Gasteiger partial charge < -0.3 is 21.3 Å². The fourth-order valence-corrected chi connectivity index (χ4v) is 3.89. The molecule has 2 aromatic carbocycles. The van der Waals surface area contributed by atoms with Gasteiger partial charge in [-0.15, -0.1) is 0 Å². The quantitative estimate of drug-likeness (QED) is 0.278. The molecule has 1 amide bonds. The van der Waals surface area contributed by atoms with Crippen molar-refractivity contribution in [3.63, 3.8) is 0 Å². The first-order valence-corrected chi connectivity index (χ1v) is 11.8. The van der Waals surface area contributed by atoms with Crippen molar-refractivity contribution in [3.8, 4) is 0 Å². The summed E-state index contributed by atoms with van der Waals surface area (Å²) in [7, 11) is 4.10. The molecule has 5 N–H and O–H groups in total. The zero-order valence-electron chi connectivity index (χ0n) is 20.4. The Morgan fingerprint density at radius 2 is 1.66 bits per heavy atom. The van der Waals surface area contributed by atoms with E-state index in [9.17, 15) is 22.8 Å². The van der Waals surface area contributed by atoms with Gasteiger partial charge in [-0.05, 0) is 42.9 Å². The summed E-state index contributed by atoms with van der Waals surface area (Å²) in [6.45, 7) is 2.16. The van der Waals surface area contributed by atoms with Gasteiger partial charge in [0.25, 0.3) is 0 Å². The van der Waals surface area contributed by atoms with E-state index in [4.69, 9.17) is 11.5 Å². The number of nitrogens with zero attached hydrogens (tertiary/aromatic N) is 1. The maximum absolute atomic E-state index is 14.1. The highest BCUT2D eigenvalue weighted by Gasteiger charge is 2.26. The van der Waals surface area contributed by atoms with Gasteiger partial charge in [0.1, 0.15) is 0 Å². The Labute approximate surface area is 205 Å². The molecule has 2 atom stereocenters. The summed E-state index contributed by atoms with van der Waals surface area (Å²) in [5, 5.41) is 2.70. The minimum Gasteiger partial charge on any atom is -0.345 e. The third-order valence-corrected chi connectivity index (χ3v) is 6.10. The first kappa shape index (κ1) is 28.5. The van der Waals surface area contributed by atoms with Crippen molar-refractivity contribution in [2.45, 2.75) is 44.2 Å². The number of aryl methyl sites for hydroxylation is 1. The van der Waals surface area contributed by atoms with Crippen LogP contribution in [0.2, 0.25) is 0 Å². The normalized spacial score (nSPS) is 13.3. The first-order chi connectivity index (χ1) is 16.5. The number of ketones is 1. The van der Waals surface area contributed by atoms with E-state index in [-0.39, 0.29) is 12.0 Å². The zero-order valence-corrected chi connectivity index (χ0v) is 20.4. The fraction of sp³-hybridized carbons (Fsp3) is 0.462. The van der Waals surface area contributed by atoms with Gasteiger partial charge in [0, 0.05) is 13.0 Å². The number of nitrogens with two attached hydrogens (primary N) is 2. The average molecular weight is 494 g/mol. The third kappa shape index (κ3) is 9.08. The molecule has 0 bridgehead atoms. The lowest BCUT2D eigenvalue weighted by Crippen LogP contribution is -2.49. The number of halogens is 3. The van der Waals surface area contributed by atoms with Crippen molar-refractivity contribution in [3.05, 3.63) is 71.0 Å². The number of quaternary nitrogens is 1. The predicted octanol–water partition coefficient (Wildman–Crippen LogP) is 2.48. The minimum atomic E-state index is -1.63. The van der Waals surface area contributed by atoms with Gasteiger partial charge in [0.2, 0.25) is 5.91 Å². The summed E-state index contributed by atoms with van der Waals surface area (Å²) in [4.78, 5) is 25.8. The first-order valence-electron chi connectivity index (χ1n) is 11.8. The van der Waals surface area contributed by atoms with Gasteiger partial charge in [-0.1, -0.05) is 36.4 Å². The highest BCUT2D eigenvalue weighted by atomic mass is 19.2. The van der Waals surface area contributed by atoms with Crippen LogP contribution < -0.4 is 16.8 Å². The van der Waals surface area contributed by atoms with E-state index in [0.717, 1.165) is 30.8 Å². The smallest absolute Gasteiger partial charge is 0.237 e. The molecule has 0 fully saturated rings. The second kappa shape index (κ2) is 13.4. The summed E-state index contributed by atoms with van der Waals surface area (Å²) in [5.74, 6) is -5.34. The van der Waals surface area contributed by atoms with Crippen molar-refractivity contribution >= 4 is 11.7 Å². The van der Waals surface area contributed by atoms with Crippen LogP contribution in [0.5, 0.6) is 0 Å². The van der Waals surface area contributed by atoms with Crippen LogP contribution in [0.4, 0.5) is 13.2 Å². The highest BCUT2D eigenvalue weighted by molar-refractivity contribution is 5.91. The molecule has 2 rings (SSSR count). The second-order valence-corrected chi connectivity index (χ2v) is 9.48. The Bertz CT molecular complexity index is 986. The molecule has 0 aliphatic heterocycles. The van der Waals surface area contributed by atoms with Crippen LogP contribution in [-0.2, 0) is 22.4 Å². The number of benzene rings is 2. The minimum absolute atomic E-state index is 0.257. The van der Waals surface area contributed by atoms with Crippen molar-refractivity contribution in [2.75, 3.05) is 33.7 Å². The summed E-state index contributed by atoms with van der Waals surface area (Å²) >= 11 is 0. The van der Waals surface area contributed by atoms with Gasteiger partial charge in [0.05, 0.1) is 39.3 Å². The van der Waals surface area contributed by atoms with E-state index in [1.54, 1.807) is 0 Å². The molecule has 0 radical (unpaired) electrons. The van der Waals surface area contributed by atoms with Crippen LogP contribution in [0, 0.1) is 17.5 Å². The van der Waals surface area contributed by atoms with E-state index in [2.05, 4.69) is 5.32 Å². The molecule has 6 nitrogen and oxygen atoms in total. The number of carbonyl (C=O) groups is 2. The lowest BCUT2D eigenvalue weighted by Gasteiger charge is -2.29. The van der Waals surface area contributed by atoms with Crippen LogP contribution in [0.3, 0.4) is 0 Å². The van der Waals surface area contributed by atoms with Gasteiger partial charge in [-0.3, -0.25) is 9.59 Å². The molecule has 2 aromatic rings. The summed E-state index contributed by atoms with van der Waals surface area (Å²) < 4.78 is 41.7. The van der Waals surface area contributed by atoms with Gasteiger partial charge in [-0.25, -0.2) is 13.2 Å². The lowest BCUT2D eigenvalue weighted by molar-refractivity contribution is -0.889. The largest absolute Gasteiger partial charge is 0.345 e. The van der Waals surface area contributed by atoms with Crippen molar-refractivity contribution in [1.29, 1.82) is 0 Å². The topological polar surface area (TPSA) is 98.2 Å². The van der Waals surface area contributed by atoms with E-state index in [0.29, 0.717) is 30.3 Å². The fourth-order valence-electron chi connectivity index (χ4n) is 3.89. The molecule has 35 heavy (non-hydrogen) atoms. The van der Waals surface area contributed by atoms with Crippen molar-refractivity contribution < 1.29 is 27.2 Å². The molecule has 9 heteroatoms. The number of rotatable bonds is 14. The number of Topliss-reactive ketones (excluding diaryl/α,β-unsaturated/α-hetero) is 1. The highest BCUT2D eigenvalue weighted by Crippen LogP contribution is 2.17. The maximum Gasteiger partial charge on any atom is 0.237 e. The standard InChI is InChI=1S/C26H35F3N4O2/c1-33(2,16-14-30)15-6-9-21(31)26(35)32-22(13-10-18-7-4-3-5-8-18)23(34)17-19-11-12-20(27)25(29)24(19)28/h3-5,7-8,11-12,21-22H,6,9-10,13-17,30-31H2,1-2H3/p+1/t21-,22+/m0/s1. The van der Waals surface area contributed by atoms with Crippen LogP contribution in [0.15, 0.2) is 42.5 Å². The summed E-state index contributed by atoms with van der Waals surface area (Å²) in [6.07, 6.45) is 1.38. The Morgan fingerprint density at radius 1 is 0.971 bits per heavy atom. The van der Waals surface area contributed by atoms with Crippen LogP contribution in [0.1, 0.15) is 30.4 Å². The Hall–Kier alpha value is -2.75. The summed E-state index contributed by atoms with van der Waals surface area (Å²) in [5.41, 5.74) is 12.4. The molecule has 0 heterocycles. The Balaban J connectivity index is 2.06. The number of likely N-dealkylation sites (N-methyl/N-ethyl adjacent to an activating group) is 1. The SMILES string of the molecule is C[N+](C)(CCN)CCC[C@H](N)C(=O)N[C@H](CCc1ccccc1)C(=O)Cc1ccc(F)c(F)c1F. The van der Waals surface area contributed by atoms with E-state index >= 15 is 0 Å². The van der Waals surface area contributed by atoms with E-state index < -0.39 is 47.6 Å². The molecule has 0 aliphatic carbocycles. The Kier molecular flexibility index (Phi) is 10.9. The maximum atomic E-state index is 14.1. The molecule has 192 valence electrons. The van der Waals surface area contributed by atoms with E-state index in [1.807, 2.05) is 44.4 Å². The average Bonchev–Trinajstić information content (AvgIpc) is 2.82. The lowest BCUT2D eigenvalue weighted by atomic mass is 9.97. The molecule has 0 aliphatic rings. The van der Waals surface area contributed by atoms with Crippen LogP contribution in [0.25, 0.3) is 0 Å².